The summed E-state index contributed by atoms with van der Waals surface area (Å²) in [6, 6.07) is 14.7. The maximum Gasteiger partial charge on any atom is 0.324 e. The van der Waals surface area contributed by atoms with Gasteiger partial charge < -0.3 is 15.0 Å². The summed E-state index contributed by atoms with van der Waals surface area (Å²) in [7, 11) is 1.79. The van der Waals surface area contributed by atoms with Crippen molar-refractivity contribution in [2.24, 2.45) is 7.05 Å². The molecular formula is C27H32FN5O3. The molecule has 1 aliphatic rings. The van der Waals surface area contributed by atoms with Crippen molar-refractivity contribution in [3.63, 3.8) is 0 Å². The SMILES string of the molecule is Cn1nc(C(C)(C)C)cc1NC(=O)Nc1ccc(OC2CCN(C(=O)c3ccccc3F)CC2)cc1. The van der Waals surface area contributed by atoms with Gasteiger partial charge in [-0.1, -0.05) is 32.9 Å². The molecule has 2 N–H and O–H groups in total. The van der Waals surface area contributed by atoms with Crippen molar-refractivity contribution in [2.75, 3.05) is 23.7 Å². The number of likely N-dealkylation sites (tertiary alicyclic amines) is 1. The molecule has 1 saturated heterocycles. The monoisotopic (exact) mass is 493 g/mol. The van der Waals surface area contributed by atoms with Crippen molar-refractivity contribution in [2.45, 2.75) is 45.1 Å². The number of urea groups is 1. The first-order valence-electron chi connectivity index (χ1n) is 12.0. The fourth-order valence-corrected chi connectivity index (χ4v) is 4.02. The lowest BCUT2D eigenvalue weighted by molar-refractivity contribution is 0.0591. The molecule has 3 amide bonds. The minimum atomic E-state index is -0.502. The molecule has 9 heteroatoms. The Kier molecular flexibility index (Phi) is 7.28. The van der Waals surface area contributed by atoms with Crippen LogP contribution in [0.1, 0.15) is 49.7 Å². The number of aromatic nitrogens is 2. The summed E-state index contributed by atoms with van der Waals surface area (Å²) in [4.78, 5) is 26.7. The fraction of sp³-hybridized carbons (Fsp3) is 0.370. The van der Waals surface area contributed by atoms with E-state index in [0.717, 1.165) is 5.69 Å². The van der Waals surface area contributed by atoms with Crippen molar-refractivity contribution >= 4 is 23.4 Å². The van der Waals surface area contributed by atoms with Crippen LogP contribution in [0.2, 0.25) is 0 Å². The second-order valence-corrected chi connectivity index (χ2v) is 9.98. The summed E-state index contributed by atoms with van der Waals surface area (Å²) < 4.78 is 21.6. The number of anilines is 2. The molecule has 0 atom stereocenters. The minimum absolute atomic E-state index is 0.0429. The Balaban J connectivity index is 1.26. The third-order valence-corrected chi connectivity index (χ3v) is 6.14. The van der Waals surface area contributed by atoms with E-state index in [9.17, 15) is 14.0 Å². The highest BCUT2D eigenvalue weighted by atomic mass is 19.1. The van der Waals surface area contributed by atoms with E-state index in [-0.39, 0.29) is 29.0 Å². The molecule has 0 spiro atoms. The number of halogens is 1. The first-order chi connectivity index (χ1) is 17.1. The van der Waals surface area contributed by atoms with E-state index in [2.05, 4.69) is 36.5 Å². The van der Waals surface area contributed by atoms with E-state index < -0.39 is 5.82 Å². The van der Waals surface area contributed by atoms with Crippen LogP contribution in [0.25, 0.3) is 0 Å². The maximum atomic E-state index is 13.9. The van der Waals surface area contributed by atoms with Crippen LogP contribution in [0.15, 0.2) is 54.6 Å². The summed E-state index contributed by atoms with van der Waals surface area (Å²) in [5.74, 6) is 0.498. The van der Waals surface area contributed by atoms with Gasteiger partial charge in [0, 0.05) is 50.1 Å². The largest absolute Gasteiger partial charge is 0.490 e. The highest BCUT2D eigenvalue weighted by molar-refractivity contribution is 5.99. The molecule has 1 fully saturated rings. The molecule has 1 aliphatic heterocycles. The third-order valence-electron chi connectivity index (χ3n) is 6.14. The number of rotatable bonds is 5. The zero-order valence-electron chi connectivity index (χ0n) is 21.0. The second-order valence-electron chi connectivity index (χ2n) is 9.98. The summed E-state index contributed by atoms with van der Waals surface area (Å²) >= 11 is 0. The standard InChI is InChI=1S/C27H32FN5O3/c1-27(2,3)23-17-24(32(4)31-23)30-26(35)29-18-9-11-19(12-10-18)36-20-13-15-33(16-14-20)25(34)21-7-5-6-8-22(21)28/h5-12,17,20H,13-16H2,1-4H3,(H2,29,30,35). The highest BCUT2D eigenvalue weighted by Gasteiger charge is 2.26. The fourth-order valence-electron chi connectivity index (χ4n) is 4.02. The van der Waals surface area contributed by atoms with Gasteiger partial charge in [0.25, 0.3) is 5.91 Å². The maximum absolute atomic E-state index is 13.9. The molecule has 0 aliphatic carbocycles. The van der Waals surface area contributed by atoms with E-state index in [1.54, 1.807) is 53.0 Å². The van der Waals surface area contributed by atoms with E-state index in [1.807, 2.05) is 6.07 Å². The Morgan fingerprint density at radius 3 is 2.31 bits per heavy atom. The number of benzene rings is 2. The lowest BCUT2D eigenvalue weighted by Crippen LogP contribution is -2.42. The third kappa shape index (κ3) is 6.02. The Labute approximate surface area is 210 Å². The van der Waals surface area contributed by atoms with Gasteiger partial charge in [-0.05, 0) is 36.4 Å². The van der Waals surface area contributed by atoms with Gasteiger partial charge in [-0.15, -0.1) is 0 Å². The van der Waals surface area contributed by atoms with Crippen molar-refractivity contribution in [3.8, 4) is 5.75 Å². The molecule has 2 heterocycles. The molecule has 0 saturated carbocycles. The normalized spacial score (nSPS) is 14.4. The number of aryl methyl sites for hydroxylation is 1. The Morgan fingerprint density at radius 2 is 1.69 bits per heavy atom. The van der Waals surface area contributed by atoms with E-state index in [1.165, 1.54) is 12.1 Å². The predicted octanol–water partition coefficient (Wildman–Crippen LogP) is 5.18. The summed E-state index contributed by atoms with van der Waals surface area (Å²) in [6.07, 6.45) is 1.27. The van der Waals surface area contributed by atoms with Gasteiger partial charge >= 0.3 is 6.03 Å². The number of carbonyl (C=O) groups excluding carboxylic acids is 2. The van der Waals surface area contributed by atoms with Gasteiger partial charge in [0.05, 0.1) is 11.3 Å². The molecule has 8 nitrogen and oxygen atoms in total. The smallest absolute Gasteiger partial charge is 0.324 e. The van der Waals surface area contributed by atoms with Crippen molar-refractivity contribution in [3.05, 3.63) is 71.7 Å². The molecule has 190 valence electrons. The van der Waals surface area contributed by atoms with Gasteiger partial charge in [-0.2, -0.15) is 5.10 Å². The number of nitrogens with one attached hydrogen (secondary N) is 2. The minimum Gasteiger partial charge on any atom is -0.490 e. The van der Waals surface area contributed by atoms with Crippen LogP contribution in [0.3, 0.4) is 0 Å². The zero-order valence-corrected chi connectivity index (χ0v) is 21.0. The molecule has 0 unspecified atom stereocenters. The first kappa shape index (κ1) is 25.2. The summed E-state index contributed by atoms with van der Waals surface area (Å²) in [5, 5.41) is 10.1. The quantitative estimate of drug-likeness (QED) is 0.512. The van der Waals surface area contributed by atoms with Gasteiger partial charge in [-0.25, -0.2) is 9.18 Å². The predicted molar refractivity (Wildman–Crippen MR) is 137 cm³/mol. The number of hydrogen-bond acceptors (Lipinski definition) is 4. The van der Waals surface area contributed by atoms with Gasteiger partial charge in [-0.3, -0.25) is 14.8 Å². The number of nitrogens with zero attached hydrogens (tertiary/aromatic N) is 3. The number of ether oxygens (including phenoxy) is 1. The number of carbonyl (C=O) groups is 2. The van der Waals surface area contributed by atoms with Gasteiger partial charge in [0.1, 0.15) is 23.5 Å². The van der Waals surface area contributed by atoms with Crippen LogP contribution in [0.5, 0.6) is 5.75 Å². The first-order valence-corrected chi connectivity index (χ1v) is 12.0. The van der Waals surface area contributed by atoms with Crippen LogP contribution in [-0.4, -0.2) is 45.8 Å². The zero-order chi connectivity index (χ0) is 25.9. The lowest BCUT2D eigenvalue weighted by Gasteiger charge is -2.32. The number of hydrogen-bond donors (Lipinski definition) is 2. The molecule has 1 aromatic heterocycles. The van der Waals surface area contributed by atoms with Crippen molar-refractivity contribution in [1.82, 2.24) is 14.7 Å². The van der Waals surface area contributed by atoms with Gasteiger partial charge in [0.2, 0.25) is 0 Å². The van der Waals surface area contributed by atoms with Crippen LogP contribution < -0.4 is 15.4 Å². The Hall–Kier alpha value is -3.88. The molecule has 4 rings (SSSR count). The number of piperidine rings is 1. The van der Waals surface area contributed by atoms with Crippen LogP contribution >= 0.6 is 0 Å². The van der Waals surface area contributed by atoms with Crippen LogP contribution in [-0.2, 0) is 12.5 Å². The highest BCUT2D eigenvalue weighted by Crippen LogP contribution is 2.25. The lowest BCUT2D eigenvalue weighted by atomic mass is 9.92. The van der Waals surface area contributed by atoms with Gasteiger partial charge in [0.15, 0.2) is 0 Å². The van der Waals surface area contributed by atoms with Crippen LogP contribution in [0.4, 0.5) is 20.7 Å². The van der Waals surface area contributed by atoms with Crippen molar-refractivity contribution in [1.29, 1.82) is 0 Å². The molecule has 3 aromatic rings. The Bertz CT molecular complexity index is 1220. The molecular weight excluding hydrogens is 461 g/mol. The van der Waals surface area contributed by atoms with Crippen molar-refractivity contribution < 1.29 is 18.7 Å². The summed E-state index contributed by atoms with van der Waals surface area (Å²) in [6.45, 7) is 7.21. The number of amides is 3. The summed E-state index contributed by atoms with van der Waals surface area (Å²) in [5.41, 5.74) is 1.50. The molecule has 36 heavy (non-hydrogen) atoms. The molecule has 2 aromatic carbocycles. The topological polar surface area (TPSA) is 88.5 Å². The molecule has 0 bridgehead atoms. The van der Waals surface area contributed by atoms with E-state index in [0.29, 0.717) is 43.2 Å². The van der Waals surface area contributed by atoms with E-state index >= 15 is 0 Å². The van der Waals surface area contributed by atoms with E-state index in [4.69, 9.17) is 4.74 Å². The second kappa shape index (κ2) is 10.4. The van der Waals surface area contributed by atoms with Crippen LogP contribution in [0, 0.1) is 5.82 Å². The average molecular weight is 494 g/mol. The Morgan fingerprint density at radius 1 is 1.03 bits per heavy atom. The molecule has 0 radical (unpaired) electrons. The average Bonchev–Trinajstić information content (AvgIpc) is 3.21.